The van der Waals surface area contributed by atoms with Crippen molar-refractivity contribution in [1.82, 2.24) is 9.80 Å². The van der Waals surface area contributed by atoms with Gasteiger partial charge in [-0.25, -0.2) is 0 Å². The molecular weight excluding hydrogens is 152 g/mol. The highest BCUT2D eigenvalue weighted by molar-refractivity contribution is 4.79. The normalized spacial score (nSPS) is 20.0. The lowest BCUT2D eigenvalue weighted by Crippen LogP contribution is -2.49. The monoisotopic (exact) mass is 172 g/mol. The third-order valence-corrected chi connectivity index (χ3v) is 2.52. The van der Waals surface area contributed by atoms with E-state index < -0.39 is 0 Å². The van der Waals surface area contributed by atoms with E-state index in [-0.39, 0.29) is 6.61 Å². The summed E-state index contributed by atoms with van der Waals surface area (Å²) in [5, 5.41) is 8.77. The summed E-state index contributed by atoms with van der Waals surface area (Å²) in [6, 6.07) is 0. The molecule has 3 nitrogen and oxygen atoms in total. The van der Waals surface area contributed by atoms with E-state index in [1.807, 2.05) is 0 Å². The van der Waals surface area contributed by atoms with Gasteiger partial charge >= 0.3 is 0 Å². The molecule has 1 heterocycles. The smallest absolute Gasteiger partial charge is 0.0558 e. The molecule has 0 bridgehead atoms. The van der Waals surface area contributed by atoms with Gasteiger partial charge in [0.05, 0.1) is 6.61 Å². The SMILES string of the molecule is CCN(CCO)CC1CN(C)C1. The predicted octanol–water partition coefficient (Wildman–Crippen LogP) is -0.138. The molecule has 1 N–H and O–H groups in total. The number of likely N-dealkylation sites (N-methyl/N-ethyl adjacent to an activating group) is 1. The highest BCUT2D eigenvalue weighted by Gasteiger charge is 2.24. The maximum atomic E-state index is 8.77. The second kappa shape index (κ2) is 4.80. The first-order valence-corrected chi connectivity index (χ1v) is 4.78. The van der Waals surface area contributed by atoms with E-state index in [1.54, 1.807) is 0 Å². The van der Waals surface area contributed by atoms with Crippen LogP contribution in [0, 0.1) is 5.92 Å². The topological polar surface area (TPSA) is 26.7 Å². The Morgan fingerprint density at radius 2 is 2.17 bits per heavy atom. The number of hydrogen-bond acceptors (Lipinski definition) is 3. The van der Waals surface area contributed by atoms with E-state index in [0.717, 1.165) is 25.6 Å². The Morgan fingerprint density at radius 3 is 2.58 bits per heavy atom. The average Bonchev–Trinajstić information content (AvgIpc) is 2.00. The first-order chi connectivity index (χ1) is 5.76. The van der Waals surface area contributed by atoms with Gasteiger partial charge in [0.15, 0.2) is 0 Å². The standard InChI is InChI=1S/C9H20N2O/c1-3-11(4-5-12)8-9-6-10(2)7-9/h9,12H,3-8H2,1-2H3. The van der Waals surface area contributed by atoms with Crippen molar-refractivity contribution in [3.8, 4) is 0 Å². The van der Waals surface area contributed by atoms with Crippen molar-refractivity contribution >= 4 is 0 Å². The molecule has 0 aromatic rings. The molecule has 0 spiro atoms. The summed E-state index contributed by atoms with van der Waals surface area (Å²) < 4.78 is 0. The van der Waals surface area contributed by atoms with Crippen LogP contribution in [0.4, 0.5) is 0 Å². The summed E-state index contributed by atoms with van der Waals surface area (Å²) in [4.78, 5) is 4.65. The molecule has 0 aromatic heterocycles. The van der Waals surface area contributed by atoms with Gasteiger partial charge in [-0.3, -0.25) is 0 Å². The van der Waals surface area contributed by atoms with Gasteiger partial charge in [-0.1, -0.05) is 6.92 Å². The van der Waals surface area contributed by atoms with Crippen molar-refractivity contribution in [2.24, 2.45) is 5.92 Å². The Labute approximate surface area is 75.0 Å². The first-order valence-electron chi connectivity index (χ1n) is 4.78. The molecule has 1 aliphatic heterocycles. The Bertz CT molecular complexity index is 124. The van der Waals surface area contributed by atoms with E-state index in [0.29, 0.717) is 0 Å². The molecule has 0 aliphatic carbocycles. The second-order valence-electron chi connectivity index (χ2n) is 3.70. The fraction of sp³-hybridized carbons (Fsp3) is 1.00. The molecule has 1 aliphatic rings. The van der Waals surface area contributed by atoms with Crippen LogP contribution in [0.2, 0.25) is 0 Å². The van der Waals surface area contributed by atoms with Crippen molar-refractivity contribution in [1.29, 1.82) is 0 Å². The van der Waals surface area contributed by atoms with E-state index in [1.165, 1.54) is 13.1 Å². The Morgan fingerprint density at radius 1 is 1.50 bits per heavy atom. The van der Waals surface area contributed by atoms with Gasteiger partial charge in [0.25, 0.3) is 0 Å². The quantitative estimate of drug-likeness (QED) is 0.625. The van der Waals surface area contributed by atoms with Gasteiger partial charge in [-0.15, -0.1) is 0 Å². The molecule has 1 rings (SSSR count). The van der Waals surface area contributed by atoms with Gasteiger partial charge < -0.3 is 14.9 Å². The number of rotatable bonds is 5. The van der Waals surface area contributed by atoms with Gasteiger partial charge in [0.1, 0.15) is 0 Å². The highest BCUT2D eigenvalue weighted by atomic mass is 16.3. The van der Waals surface area contributed by atoms with E-state index in [4.69, 9.17) is 5.11 Å². The Kier molecular flexibility index (Phi) is 3.98. The largest absolute Gasteiger partial charge is 0.395 e. The molecule has 0 unspecified atom stereocenters. The summed E-state index contributed by atoms with van der Waals surface area (Å²) in [5.74, 6) is 0.835. The maximum Gasteiger partial charge on any atom is 0.0558 e. The summed E-state index contributed by atoms with van der Waals surface area (Å²) in [6.07, 6.45) is 0. The van der Waals surface area contributed by atoms with Crippen LogP contribution in [0.1, 0.15) is 6.92 Å². The van der Waals surface area contributed by atoms with Crippen LogP contribution in [-0.2, 0) is 0 Å². The van der Waals surface area contributed by atoms with Gasteiger partial charge in [-0.05, 0) is 19.5 Å². The Hall–Kier alpha value is -0.120. The van der Waals surface area contributed by atoms with Crippen molar-refractivity contribution in [3.05, 3.63) is 0 Å². The minimum absolute atomic E-state index is 0.288. The summed E-state index contributed by atoms with van der Waals surface area (Å²) in [7, 11) is 2.15. The summed E-state index contributed by atoms with van der Waals surface area (Å²) in [6.45, 7) is 7.93. The van der Waals surface area contributed by atoms with E-state index >= 15 is 0 Å². The van der Waals surface area contributed by atoms with E-state index in [9.17, 15) is 0 Å². The fourth-order valence-corrected chi connectivity index (χ4v) is 1.83. The molecule has 1 fully saturated rings. The zero-order valence-corrected chi connectivity index (χ0v) is 8.16. The molecule has 0 atom stereocenters. The van der Waals surface area contributed by atoms with Gasteiger partial charge in [0, 0.05) is 26.2 Å². The predicted molar refractivity (Wildman–Crippen MR) is 50.2 cm³/mol. The number of likely N-dealkylation sites (tertiary alicyclic amines) is 1. The van der Waals surface area contributed by atoms with Crippen molar-refractivity contribution in [2.75, 3.05) is 46.4 Å². The van der Waals surface area contributed by atoms with Crippen molar-refractivity contribution < 1.29 is 5.11 Å². The third-order valence-electron chi connectivity index (χ3n) is 2.52. The number of aliphatic hydroxyl groups excluding tert-OH is 1. The molecule has 0 aromatic carbocycles. The zero-order valence-electron chi connectivity index (χ0n) is 8.16. The molecule has 0 amide bonds. The first kappa shape index (κ1) is 9.96. The fourth-order valence-electron chi connectivity index (χ4n) is 1.83. The average molecular weight is 172 g/mol. The number of hydrogen-bond donors (Lipinski definition) is 1. The van der Waals surface area contributed by atoms with Gasteiger partial charge in [0.2, 0.25) is 0 Å². The zero-order chi connectivity index (χ0) is 8.97. The molecule has 3 heteroatoms. The van der Waals surface area contributed by atoms with Crippen molar-refractivity contribution in [3.63, 3.8) is 0 Å². The minimum atomic E-state index is 0.288. The summed E-state index contributed by atoms with van der Waals surface area (Å²) in [5.41, 5.74) is 0. The van der Waals surface area contributed by atoms with Crippen LogP contribution in [0.15, 0.2) is 0 Å². The molecule has 0 radical (unpaired) electrons. The molecule has 0 saturated carbocycles. The lowest BCUT2D eigenvalue weighted by Gasteiger charge is -2.39. The molecule has 12 heavy (non-hydrogen) atoms. The van der Waals surface area contributed by atoms with Crippen molar-refractivity contribution in [2.45, 2.75) is 6.92 Å². The van der Waals surface area contributed by atoms with E-state index in [2.05, 4.69) is 23.8 Å². The van der Waals surface area contributed by atoms with Crippen LogP contribution >= 0.6 is 0 Å². The molecule has 72 valence electrons. The number of nitrogens with zero attached hydrogens (tertiary/aromatic N) is 2. The van der Waals surface area contributed by atoms with Crippen LogP contribution < -0.4 is 0 Å². The third kappa shape index (κ3) is 2.73. The van der Waals surface area contributed by atoms with Crippen LogP contribution in [-0.4, -0.2) is 61.3 Å². The Balaban J connectivity index is 2.10. The maximum absolute atomic E-state index is 8.77. The second-order valence-corrected chi connectivity index (χ2v) is 3.70. The minimum Gasteiger partial charge on any atom is -0.395 e. The van der Waals surface area contributed by atoms with Crippen LogP contribution in [0.5, 0.6) is 0 Å². The number of aliphatic hydroxyl groups is 1. The van der Waals surface area contributed by atoms with Crippen LogP contribution in [0.25, 0.3) is 0 Å². The molecular formula is C9H20N2O. The lowest BCUT2D eigenvalue weighted by molar-refractivity contribution is 0.0845. The highest BCUT2D eigenvalue weighted by Crippen LogP contribution is 2.13. The van der Waals surface area contributed by atoms with Gasteiger partial charge in [-0.2, -0.15) is 0 Å². The van der Waals surface area contributed by atoms with Crippen LogP contribution in [0.3, 0.4) is 0 Å². The summed E-state index contributed by atoms with van der Waals surface area (Å²) >= 11 is 0. The molecule has 1 saturated heterocycles. The lowest BCUT2D eigenvalue weighted by atomic mass is 10.0.